The molecule has 7 nitrogen and oxygen atoms in total. The number of amides is 1. The number of aromatic nitrogens is 2. The van der Waals surface area contributed by atoms with Gasteiger partial charge in [-0.05, 0) is 17.7 Å². The van der Waals surface area contributed by atoms with Gasteiger partial charge in [0.25, 0.3) is 5.56 Å². The molecular weight excluding hydrogens is 329 g/mol. The van der Waals surface area contributed by atoms with Crippen molar-refractivity contribution in [1.29, 1.82) is 0 Å². The van der Waals surface area contributed by atoms with Gasteiger partial charge in [-0.2, -0.15) is 0 Å². The molecule has 8 heteroatoms. The molecule has 2 aromatic rings. The molecule has 1 fully saturated rings. The number of morpholine rings is 1. The van der Waals surface area contributed by atoms with Gasteiger partial charge < -0.3 is 9.64 Å². The zero-order valence-corrected chi connectivity index (χ0v) is 13.7. The fourth-order valence-electron chi connectivity index (χ4n) is 2.74. The Bertz CT molecular complexity index is 888. The van der Waals surface area contributed by atoms with E-state index >= 15 is 0 Å². The first kappa shape index (κ1) is 17.1. The fraction of sp³-hybridized carbons (Fsp3) is 0.353. The number of hydrogen-bond donors (Lipinski definition) is 0. The molecule has 1 atom stereocenters. The predicted octanol–water partition coefficient (Wildman–Crippen LogP) is 0.286. The number of halogens is 1. The summed E-state index contributed by atoms with van der Waals surface area (Å²) >= 11 is 0. The van der Waals surface area contributed by atoms with Crippen LogP contribution in [-0.4, -0.2) is 39.6 Å². The lowest BCUT2D eigenvalue weighted by Crippen LogP contribution is -2.46. The van der Waals surface area contributed by atoms with Crippen LogP contribution in [-0.2, 0) is 23.1 Å². The van der Waals surface area contributed by atoms with Crippen molar-refractivity contribution < 1.29 is 13.9 Å². The van der Waals surface area contributed by atoms with E-state index in [2.05, 4.69) is 0 Å². The molecule has 132 valence electrons. The van der Waals surface area contributed by atoms with Crippen molar-refractivity contribution >= 4 is 5.91 Å². The minimum Gasteiger partial charge on any atom is -0.370 e. The van der Waals surface area contributed by atoms with Crippen molar-refractivity contribution in [3.8, 4) is 0 Å². The molecular formula is C17H18FN3O4. The van der Waals surface area contributed by atoms with Gasteiger partial charge in [0.1, 0.15) is 18.5 Å². The summed E-state index contributed by atoms with van der Waals surface area (Å²) in [7, 11) is 1.37. The Labute approximate surface area is 142 Å². The van der Waals surface area contributed by atoms with Crippen molar-refractivity contribution in [2.24, 2.45) is 7.05 Å². The summed E-state index contributed by atoms with van der Waals surface area (Å²) in [6.07, 6.45) is 0.982. The maximum Gasteiger partial charge on any atom is 0.331 e. The Morgan fingerprint density at radius 1 is 1.24 bits per heavy atom. The van der Waals surface area contributed by atoms with E-state index in [1.807, 2.05) is 0 Å². The van der Waals surface area contributed by atoms with Crippen molar-refractivity contribution in [2.45, 2.75) is 12.6 Å². The lowest BCUT2D eigenvalue weighted by Gasteiger charge is -2.33. The van der Waals surface area contributed by atoms with Gasteiger partial charge in [-0.25, -0.2) is 9.18 Å². The summed E-state index contributed by atoms with van der Waals surface area (Å²) in [4.78, 5) is 37.6. The maximum atomic E-state index is 13.0. The zero-order valence-electron chi connectivity index (χ0n) is 13.7. The molecule has 0 bridgehead atoms. The highest BCUT2D eigenvalue weighted by molar-refractivity contribution is 5.76. The van der Waals surface area contributed by atoms with E-state index in [9.17, 15) is 18.8 Å². The average Bonchev–Trinajstić information content (AvgIpc) is 2.63. The van der Waals surface area contributed by atoms with E-state index in [1.54, 1.807) is 17.0 Å². The van der Waals surface area contributed by atoms with Crippen molar-refractivity contribution in [2.75, 3.05) is 19.7 Å². The highest BCUT2D eigenvalue weighted by Gasteiger charge is 2.25. The van der Waals surface area contributed by atoms with E-state index in [0.717, 1.165) is 10.1 Å². The first-order valence-corrected chi connectivity index (χ1v) is 7.87. The largest absolute Gasteiger partial charge is 0.370 e. The van der Waals surface area contributed by atoms with E-state index in [4.69, 9.17) is 4.74 Å². The van der Waals surface area contributed by atoms with E-state index in [0.29, 0.717) is 19.7 Å². The predicted molar refractivity (Wildman–Crippen MR) is 87.6 cm³/mol. The second kappa shape index (κ2) is 7.02. The number of carbonyl (C=O) groups excluding carboxylic acids is 1. The molecule has 1 aromatic carbocycles. The van der Waals surface area contributed by atoms with Crippen LogP contribution in [0.15, 0.2) is 46.1 Å². The van der Waals surface area contributed by atoms with Gasteiger partial charge in [-0.3, -0.25) is 18.7 Å². The molecule has 0 spiro atoms. The van der Waals surface area contributed by atoms with Gasteiger partial charge in [0.05, 0.1) is 13.2 Å². The van der Waals surface area contributed by atoms with Gasteiger partial charge in [-0.15, -0.1) is 0 Å². The molecule has 1 aliphatic rings. The Kier molecular flexibility index (Phi) is 4.80. The van der Waals surface area contributed by atoms with E-state index in [-0.39, 0.29) is 24.4 Å². The number of carbonyl (C=O) groups is 1. The Balaban J connectivity index is 1.72. The summed E-state index contributed by atoms with van der Waals surface area (Å²) in [5, 5.41) is 0. The van der Waals surface area contributed by atoms with Crippen LogP contribution in [0.1, 0.15) is 11.7 Å². The monoisotopic (exact) mass is 347 g/mol. The lowest BCUT2D eigenvalue weighted by molar-refractivity contribution is -0.139. The van der Waals surface area contributed by atoms with Crippen LogP contribution in [0.3, 0.4) is 0 Å². The lowest BCUT2D eigenvalue weighted by atomic mass is 10.1. The first-order chi connectivity index (χ1) is 12.0. The molecule has 0 saturated carbocycles. The van der Waals surface area contributed by atoms with Crippen LogP contribution in [0.2, 0.25) is 0 Å². The Hall–Kier alpha value is -2.74. The third-order valence-electron chi connectivity index (χ3n) is 4.23. The van der Waals surface area contributed by atoms with Crippen LogP contribution in [0.4, 0.5) is 4.39 Å². The van der Waals surface area contributed by atoms with Crippen LogP contribution < -0.4 is 11.2 Å². The van der Waals surface area contributed by atoms with Crippen LogP contribution in [0.5, 0.6) is 0 Å². The minimum atomic E-state index is -0.538. The number of ether oxygens (including phenoxy) is 1. The molecule has 1 saturated heterocycles. The van der Waals surface area contributed by atoms with Gasteiger partial charge in [0.15, 0.2) is 0 Å². The van der Waals surface area contributed by atoms with E-state index in [1.165, 1.54) is 36.0 Å². The van der Waals surface area contributed by atoms with Crippen molar-refractivity contribution in [3.63, 3.8) is 0 Å². The molecule has 1 amide bonds. The Morgan fingerprint density at radius 2 is 1.96 bits per heavy atom. The second-order valence-corrected chi connectivity index (χ2v) is 5.87. The SMILES string of the molecule is Cn1c(=O)ccn(CC(=O)N2CCO[C@@H](c3ccc(F)cc3)C2)c1=O. The number of nitrogens with zero attached hydrogens (tertiary/aromatic N) is 3. The summed E-state index contributed by atoms with van der Waals surface area (Å²) < 4.78 is 20.9. The Morgan fingerprint density at radius 3 is 2.68 bits per heavy atom. The number of rotatable bonds is 3. The fourth-order valence-corrected chi connectivity index (χ4v) is 2.74. The molecule has 0 N–H and O–H groups in total. The standard InChI is InChI=1S/C17H18FN3O4/c1-19-15(22)6-7-21(17(19)24)11-16(23)20-8-9-25-14(10-20)12-2-4-13(18)5-3-12/h2-7,14H,8-11H2,1H3/t14-/m1/s1. The molecule has 0 radical (unpaired) electrons. The highest BCUT2D eigenvalue weighted by atomic mass is 19.1. The summed E-state index contributed by atoms with van der Waals surface area (Å²) in [6, 6.07) is 7.21. The number of benzene rings is 1. The molecule has 1 aromatic heterocycles. The summed E-state index contributed by atoms with van der Waals surface area (Å²) in [5.41, 5.74) is -0.168. The normalized spacial score (nSPS) is 17.5. The topological polar surface area (TPSA) is 73.5 Å². The molecule has 3 rings (SSSR count). The van der Waals surface area contributed by atoms with Crippen LogP contribution in [0.25, 0.3) is 0 Å². The van der Waals surface area contributed by atoms with E-state index < -0.39 is 11.2 Å². The average molecular weight is 347 g/mol. The van der Waals surface area contributed by atoms with Gasteiger partial charge >= 0.3 is 5.69 Å². The smallest absolute Gasteiger partial charge is 0.331 e. The molecule has 1 aliphatic heterocycles. The quantitative estimate of drug-likeness (QED) is 0.800. The molecule has 2 heterocycles. The van der Waals surface area contributed by atoms with Crippen LogP contribution in [0, 0.1) is 5.82 Å². The summed E-state index contributed by atoms with van der Waals surface area (Å²) in [5.74, 6) is -0.572. The second-order valence-electron chi connectivity index (χ2n) is 5.87. The zero-order chi connectivity index (χ0) is 18.0. The third kappa shape index (κ3) is 3.69. The molecule has 0 aliphatic carbocycles. The van der Waals surface area contributed by atoms with Crippen molar-refractivity contribution in [1.82, 2.24) is 14.0 Å². The summed E-state index contributed by atoms with van der Waals surface area (Å²) in [6.45, 7) is 0.946. The van der Waals surface area contributed by atoms with Gasteiger partial charge in [0.2, 0.25) is 5.91 Å². The highest BCUT2D eigenvalue weighted by Crippen LogP contribution is 2.22. The van der Waals surface area contributed by atoms with Crippen LogP contribution >= 0.6 is 0 Å². The molecule has 0 unspecified atom stereocenters. The first-order valence-electron chi connectivity index (χ1n) is 7.87. The van der Waals surface area contributed by atoms with Crippen molar-refractivity contribution in [3.05, 3.63) is 68.7 Å². The minimum absolute atomic E-state index is 0.150. The number of hydrogen-bond acceptors (Lipinski definition) is 4. The third-order valence-corrected chi connectivity index (χ3v) is 4.23. The maximum absolute atomic E-state index is 13.0. The molecule has 25 heavy (non-hydrogen) atoms. The van der Waals surface area contributed by atoms with Gasteiger partial charge in [-0.1, -0.05) is 12.1 Å². The van der Waals surface area contributed by atoms with Gasteiger partial charge in [0, 0.05) is 25.9 Å².